The average Bonchev–Trinajstić information content (AvgIpc) is 3.97. The molecule has 0 aliphatic heterocycles. The molecule has 0 aliphatic rings. The first kappa shape index (κ1) is 38.7. The fourth-order valence-electron chi connectivity index (χ4n) is 6.36. The molecule has 9 rings (SSSR count). The number of aromatic nitrogens is 6. The third kappa shape index (κ3) is 8.61. The summed E-state index contributed by atoms with van der Waals surface area (Å²) in [6.07, 6.45) is 5.46. The zero-order chi connectivity index (χ0) is 39.5. The summed E-state index contributed by atoms with van der Waals surface area (Å²) in [4.78, 5) is 28.6. The number of urea groups is 1. The van der Waals surface area contributed by atoms with Crippen molar-refractivity contribution in [3.05, 3.63) is 151 Å². The molecule has 5 aromatic carbocycles. The minimum Gasteiger partial charge on any atom is -0.438 e. The Morgan fingerprint density at radius 3 is 2.22 bits per heavy atom. The number of aryl methyl sites for hydroxylation is 1. The number of carbonyl (C=O) groups is 1. The van der Waals surface area contributed by atoms with E-state index in [9.17, 15) is 4.79 Å². The zero-order valence-corrected chi connectivity index (χ0v) is 32.0. The number of nitrogens with zero attached hydrogens (tertiary/aromatic N) is 4. The maximum atomic E-state index is 13.4. The van der Waals surface area contributed by atoms with Crippen molar-refractivity contribution in [2.75, 3.05) is 21.7 Å². The first-order valence-corrected chi connectivity index (χ1v) is 18.5. The highest BCUT2D eigenvalue weighted by Gasteiger charge is 2.22. The van der Waals surface area contributed by atoms with E-state index >= 15 is 0 Å². The molecule has 4 heterocycles. The summed E-state index contributed by atoms with van der Waals surface area (Å²) in [5, 5.41) is 18.0. The zero-order valence-electron chi connectivity index (χ0n) is 32.0. The van der Waals surface area contributed by atoms with Gasteiger partial charge < -0.3 is 31.1 Å². The minimum absolute atomic E-state index is 0. The number of fused-ring (bicyclic) bond motifs is 3. The van der Waals surface area contributed by atoms with E-state index in [1.54, 1.807) is 16.9 Å². The van der Waals surface area contributed by atoms with Crippen molar-refractivity contribution in [3.8, 4) is 17.3 Å². The lowest BCUT2D eigenvalue weighted by atomic mass is 9.92. The number of benzene rings is 5. The van der Waals surface area contributed by atoms with Crippen LogP contribution in [-0.2, 0) is 5.41 Å². The van der Waals surface area contributed by atoms with E-state index < -0.39 is 0 Å². The quantitative estimate of drug-likeness (QED) is 0.0878. The fraction of sp³-hybridized carbons (Fsp3) is 0.130. The van der Waals surface area contributed by atoms with Crippen LogP contribution in [-0.4, -0.2) is 35.7 Å². The summed E-state index contributed by atoms with van der Waals surface area (Å²) in [5.41, 5.74) is 12.7. The predicted octanol–water partition coefficient (Wildman–Crippen LogP) is 11.5. The first-order valence-electron chi connectivity index (χ1n) is 18.5. The van der Waals surface area contributed by atoms with Gasteiger partial charge in [-0.15, -0.1) is 0 Å². The average molecular weight is 771 g/mol. The van der Waals surface area contributed by atoms with E-state index in [0.29, 0.717) is 29.1 Å². The summed E-state index contributed by atoms with van der Waals surface area (Å²) in [6.45, 7) is 8.32. The summed E-state index contributed by atoms with van der Waals surface area (Å²) in [6, 6.07) is 38.5. The van der Waals surface area contributed by atoms with E-state index in [1.165, 1.54) is 5.39 Å². The largest absolute Gasteiger partial charge is 0.438 e. The van der Waals surface area contributed by atoms with Gasteiger partial charge in [0.05, 0.1) is 17.1 Å². The van der Waals surface area contributed by atoms with Crippen LogP contribution in [0.4, 0.5) is 33.6 Å². The number of carbonyl (C=O) groups excluding carboxylic acids is 1. The number of hydrogen-bond donors (Lipinski definition) is 6. The molecular weight excluding hydrogens is 725 g/mol. The molecule has 12 heteroatoms. The maximum absolute atomic E-state index is 13.4. The molecule has 7 N–H and O–H groups in total. The second-order valence-corrected chi connectivity index (χ2v) is 14.7. The predicted molar refractivity (Wildman–Crippen MR) is 237 cm³/mol. The highest BCUT2D eigenvalue weighted by atomic mass is 16.5. The number of ether oxygens (including phenoxy) is 1. The molecule has 0 bridgehead atoms. The standard InChI is InChI=1S/C37H34N8O2.C8H8N2.CH4/c1-23-9-12-26(13-10-23)45-33(22-32(44-45)37(2,3)4)42-36(46)41-30-15-16-31(28-8-6-5-7-27(28)30)47-34-18-20-39-35(43-34)40-25-11-14-29-24(21-25)17-19-38-29;9-7-1-2-8-6(5-7)3-4-10-8;/h5-22,38H,1-4H3,(H,39,40,43)(H2,41,42,46);1-5,10H,9H2;1H4. The van der Waals surface area contributed by atoms with Crippen LogP contribution >= 0.6 is 0 Å². The number of hydrogen-bond acceptors (Lipinski definition) is 7. The van der Waals surface area contributed by atoms with Crippen LogP contribution in [0, 0.1) is 6.92 Å². The number of rotatable bonds is 7. The van der Waals surface area contributed by atoms with Crippen LogP contribution in [0.25, 0.3) is 38.3 Å². The number of nitrogens with two attached hydrogens (primary N) is 1. The number of nitrogen functional groups attached to an aromatic ring is 1. The maximum Gasteiger partial charge on any atom is 0.324 e. The van der Waals surface area contributed by atoms with E-state index in [2.05, 4.69) is 56.7 Å². The van der Waals surface area contributed by atoms with Gasteiger partial charge in [0.1, 0.15) is 11.6 Å². The van der Waals surface area contributed by atoms with E-state index in [4.69, 9.17) is 15.6 Å². The third-order valence-electron chi connectivity index (χ3n) is 9.36. The monoisotopic (exact) mass is 770 g/mol. The number of nitrogens with one attached hydrogen (secondary N) is 5. The van der Waals surface area contributed by atoms with Gasteiger partial charge >= 0.3 is 6.03 Å². The number of aromatic amines is 2. The molecule has 0 saturated heterocycles. The van der Waals surface area contributed by atoms with Crippen molar-refractivity contribution in [3.63, 3.8) is 0 Å². The van der Waals surface area contributed by atoms with Crippen LogP contribution in [0.3, 0.4) is 0 Å². The van der Waals surface area contributed by atoms with Crippen molar-refractivity contribution in [2.24, 2.45) is 0 Å². The van der Waals surface area contributed by atoms with E-state index in [-0.39, 0.29) is 18.9 Å². The number of H-pyrrole nitrogens is 2. The SMILES string of the molecule is C.Cc1ccc(-n2nc(C(C)(C)C)cc2NC(=O)Nc2ccc(Oc3ccnc(Nc4ccc5[nH]ccc5c4)n3)c3ccccc23)cc1.Nc1ccc2[nH]ccc2c1. The molecule has 0 radical (unpaired) electrons. The summed E-state index contributed by atoms with van der Waals surface area (Å²) in [5.74, 6) is 1.96. The summed E-state index contributed by atoms with van der Waals surface area (Å²) < 4.78 is 8.02. The highest BCUT2D eigenvalue weighted by Crippen LogP contribution is 2.35. The lowest BCUT2D eigenvalue weighted by Gasteiger charge is -2.14. The molecule has 9 aromatic rings. The Morgan fingerprint density at radius 1 is 0.776 bits per heavy atom. The van der Waals surface area contributed by atoms with Gasteiger partial charge in [-0.1, -0.05) is 70.2 Å². The van der Waals surface area contributed by atoms with Gasteiger partial charge in [0.25, 0.3) is 0 Å². The topological polar surface area (TPSA) is 164 Å². The lowest BCUT2D eigenvalue weighted by Crippen LogP contribution is -2.21. The Morgan fingerprint density at radius 2 is 1.48 bits per heavy atom. The molecule has 0 aliphatic carbocycles. The lowest BCUT2D eigenvalue weighted by molar-refractivity contribution is 0.262. The van der Waals surface area contributed by atoms with Gasteiger partial charge in [0.2, 0.25) is 11.8 Å². The molecule has 0 saturated carbocycles. The molecule has 4 aromatic heterocycles. The van der Waals surface area contributed by atoms with Crippen LogP contribution in [0.2, 0.25) is 0 Å². The van der Waals surface area contributed by atoms with Gasteiger partial charge in [-0.3, -0.25) is 5.32 Å². The van der Waals surface area contributed by atoms with E-state index in [0.717, 1.165) is 55.5 Å². The molecule has 0 fully saturated rings. The Labute approximate surface area is 336 Å². The molecule has 12 nitrogen and oxygen atoms in total. The van der Waals surface area contributed by atoms with Crippen LogP contribution < -0.4 is 26.4 Å². The van der Waals surface area contributed by atoms with Gasteiger partial charge in [-0.2, -0.15) is 10.1 Å². The normalized spacial score (nSPS) is 11.1. The van der Waals surface area contributed by atoms with Crippen LogP contribution in [0.5, 0.6) is 11.6 Å². The molecule has 0 spiro atoms. The van der Waals surface area contributed by atoms with Crippen molar-refractivity contribution >= 4 is 67.4 Å². The third-order valence-corrected chi connectivity index (χ3v) is 9.36. The highest BCUT2D eigenvalue weighted by molar-refractivity contribution is 6.07. The molecule has 0 unspecified atom stereocenters. The van der Waals surface area contributed by atoms with Crippen LogP contribution in [0.1, 0.15) is 39.5 Å². The molecule has 0 atom stereocenters. The van der Waals surface area contributed by atoms with Crippen molar-refractivity contribution < 1.29 is 9.53 Å². The first-order chi connectivity index (χ1) is 27.6. The Kier molecular flexibility index (Phi) is 10.8. The van der Waals surface area contributed by atoms with Crippen molar-refractivity contribution in [2.45, 2.75) is 40.5 Å². The Bertz CT molecular complexity index is 2850. The smallest absolute Gasteiger partial charge is 0.324 e. The van der Waals surface area contributed by atoms with Crippen molar-refractivity contribution in [1.82, 2.24) is 29.7 Å². The second-order valence-electron chi connectivity index (χ2n) is 14.7. The number of anilines is 5. The van der Waals surface area contributed by atoms with Gasteiger partial charge in [-0.25, -0.2) is 14.5 Å². The molecule has 58 heavy (non-hydrogen) atoms. The number of amides is 2. The molecule has 292 valence electrons. The van der Waals surface area contributed by atoms with Gasteiger partial charge in [0, 0.05) is 80.1 Å². The molecular formula is C46H46N10O2. The van der Waals surface area contributed by atoms with Gasteiger partial charge in [-0.05, 0) is 79.7 Å². The summed E-state index contributed by atoms with van der Waals surface area (Å²) >= 11 is 0. The van der Waals surface area contributed by atoms with Crippen LogP contribution in [0.15, 0.2) is 140 Å². The van der Waals surface area contributed by atoms with Crippen molar-refractivity contribution in [1.29, 1.82) is 0 Å². The fourth-order valence-corrected chi connectivity index (χ4v) is 6.36. The molecule has 2 amide bonds. The Hall–Kier alpha value is -7.60. The van der Waals surface area contributed by atoms with Gasteiger partial charge in [0.15, 0.2) is 0 Å². The Balaban J connectivity index is 0.000000404. The second kappa shape index (κ2) is 16.2. The minimum atomic E-state index is -0.387. The summed E-state index contributed by atoms with van der Waals surface area (Å²) in [7, 11) is 0. The van der Waals surface area contributed by atoms with E-state index in [1.807, 2.05) is 135 Å².